The maximum atomic E-state index is 14.4. The zero-order valence-corrected chi connectivity index (χ0v) is 22.5. The number of hydrogen-bond acceptors (Lipinski definition) is 6. The van der Waals surface area contributed by atoms with E-state index < -0.39 is 12.3 Å². The number of carbonyl (C=O) groups excluding carboxylic acids is 1. The Hall–Kier alpha value is -3.88. The van der Waals surface area contributed by atoms with Gasteiger partial charge in [0.15, 0.2) is 18.9 Å². The largest absolute Gasteiger partial charge is 0.486 e. The third-order valence-corrected chi connectivity index (χ3v) is 10.5. The van der Waals surface area contributed by atoms with Crippen LogP contribution in [0, 0.1) is 10.1 Å². The Labute approximate surface area is 221 Å². The SMILES string of the molecule is CCN1C(=O)N(c2ccccc2)[P@@](=Nc2ccc([N+](=O)[O-])cc2)(N(CC)CC)c2cc3c(cc21)OCCO3. The molecule has 0 unspecified atom stereocenters. The van der Waals surface area contributed by atoms with Crippen molar-refractivity contribution in [3.8, 4) is 11.5 Å². The molecule has 11 heteroatoms. The van der Waals surface area contributed by atoms with Crippen LogP contribution in [0.5, 0.6) is 11.5 Å². The summed E-state index contributed by atoms with van der Waals surface area (Å²) in [6.45, 7) is 8.60. The first-order valence-electron chi connectivity index (χ1n) is 12.7. The molecular weight excluding hydrogens is 505 g/mol. The Kier molecular flexibility index (Phi) is 7.10. The molecular formula is C27H30N5O5P. The summed E-state index contributed by atoms with van der Waals surface area (Å²) in [6, 6.07) is 19.4. The minimum absolute atomic E-state index is 0.0176. The number of urea groups is 1. The van der Waals surface area contributed by atoms with Crippen molar-refractivity contribution < 1.29 is 19.2 Å². The fraction of sp³-hybridized carbons (Fsp3) is 0.296. The van der Waals surface area contributed by atoms with Crippen LogP contribution in [0.25, 0.3) is 0 Å². The van der Waals surface area contributed by atoms with Gasteiger partial charge in [0.1, 0.15) is 13.2 Å². The number of anilines is 2. The molecule has 38 heavy (non-hydrogen) atoms. The summed E-state index contributed by atoms with van der Waals surface area (Å²) in [6.07, 6.45) is 0. The second-order valence-corrected chi connectivity index (χ2v) is 11.5. The first-order valence-corrected chi connectivity index (χ1v) is 14.3. The number of nitro groups is 1. The number of hydrogen-bond donors (Lipinski definition) is 0. The summed E-state index contributed by atoms with van der Waals surface area (Å²) in [5.41, 5.74) is 1.99. The molecule has 0 aromatic heterocycles. The van der Waals surface area contributed by atoms with E-state index in [-0.39, 0.29) is 11.7 Å². The van der Waals surface area contributed by atoms with E-state index in [2.05, 4.69) is 4.67 Å². The molecule has 0 aliphatic carbocycles. The second kappa shape index (κ2) is 10.5. The standard InChI is InChI=1S/C27H30N5O5P/c1-4-29(5-2)38(28-20-12-14-22(15-13-20)32(34)35)26-19-25-24(36-16-17-37-25)18-23(26)30(6-3)27(33)31(38)21-10-8-7-9-11-21/h7-15,18-19H,4-6,16-17H2,1-3H3/t38-/m0/s1. The third kappa shape index (κ3) is 4.19. The van der Waals surface area contributed by atoms with Gasteiger partial charge < -0.3 is 9.47 Å². The molecule has 2 aliphatic rings. The number of non-ortho nitro benzene ring substituents is 1. The van der Waals surface area contributed by atoms with Crippen LogP contribution in [0.15, 0.2) is 71.5 Å². The first kappa shape index (κ1) is 25.8. The van der Waals surface area contributed by atoms with E-state index in [1.807, 2.05) is 67.9 Å². The molecule has 0 saturated heterocycles. The van der Waals surface area contributed by atoms with Crippen molar-refractivity contribution >= 4 is 41.4 Å². The van der Waals surface area contributed by atoms with Crippen molar-refractivity contribution in [3.63, 3.8) is 0 Å². The van der Waals surface area contributed by atoms with Crippen molar-refractivity contribution in [1.82, 2.24) is 4.67 Å². The quantitative estimate of drug-likeness (QED) is 0.204. The normalized spacial score (nSPS) is 18.4. The maximum Gasteiger partial charge on any atom is 0.334 e. The average molecular weight is 536 g/mol. The molecule has 0 saturated carbocycles. The lowest BCUT2D eigenvalue weighted by Crippen LogP contribution is -2.53. The van der Waals surface area contributed by atoms with Gasteiger partial charge in [-0.05, 0) is 37.3 Å². The van der Waals surface area contributed by atoms with Crippen LogP contribution in [0.4, 0.5) is 27.5 Å². The summed E-state index contributed by atoms with van der Waals surface area (Å²) >= 11 is 0. The zero-order chi connectivity index (χ0) is 26.9. The lowest BCUT2D eigenvalue weighted by molar-refractivity contribution is -0.384. The average Bonchev–Trinajstić information content (AvgIpc) is 2.94. The van der Waals surface area contributed by atoms with E-state index in [9.17, 15) is 14.9 Å². The molecule has 10 nitrogen and oxygen atoms in total. The summed E-state index contributed by atoms with van der Waals surface area (Å²) in [5, 5.41) is 12.2. The molecule has 3 aromatic carbocycles. The summed E-state index contributed by atoms with van der Waals surface area (Å²) < 4.78 is 21.3. The van der Waals surface area contributed by atoms with Crippen molar-refractivity contribution in [1.29, 1.82) is 0 Å². The number of nitrogens with zero attached hydrogens (tertiary/aromatic N) is 5. The van der Waals surface area contributed by atoms with Crippen molar-refractivity contribution in [2.45, 2.75) is 20.8 Å². The summed E-state index contributed by atoms with van der Waals surface area (Å²) in [4.78, 5) is 27.0. The molecule has 0 fully saturated rings. The molecule has 3 aromatic rings. The minimum Gasteiger partial charge on any atom is -0.486 e. The highest BCUT2D eigenvalue weighted by Crippen LogP contribution is 2.63. The number of benzene rings is 3. The predicted molar refractivity (Wildman–Crippen MR) is 149 cm³/mol. The Balaban J connectivity index is 1.90. The van der Waals surface area contributed by atoms with E-state index in [1.54, 1.807) is 17.0 Å². The minimum atomic E-state index is -3.04. The maximum absolute atomic E-state index is 14.4. The van der Waals surface area contributed by atoms with Gasteiger partial charge in [-0.3, -0.25) is 15.0 Å². The Morgan fingerprint density at radius 1 is 0.974 bits per heavy atom. The van der Waals surface area contributed by atoms with E-state index in [1.165, 1.54) is 12.1 Å². The van der Waals surface area contributed by atoms with Gasteiger partial charge in [0.25, 0.3) is 5.69 Å². The van der Waals surface area contributed by atoms with Gasteiger partial charge in [0, 0.05) is 37.8 Å². The van der Waals surface area contributed by atoms with Gasteiger partial charge in [-0.15, -0.1) is 0 Å². The number of para-hydroxylation sites is 1. The van der Waals surface area contributed by atoms with E-state index in [0.717, 1.165) is 16.7 Å². The van der Waals surface area contributed by atoms with Gasteiger partial charge in [0.2, 0.25) is 0 Å². The molecule has 0 spiro atoms. The van der Waals surface area contributed by atoms with Crippen LogP contribution in [0.1, 0.15) is 20.8 Å². The monoisotopic (exact) mass is 535 g/mol. The lowest BCUT2D eigenvalue weighted by Gasteiger charge is -2.49. The highest BCUT2D eigenvalue weighted by molar-refractivity contribution is 7.74. The van der Waals surface area contributed by atoms with Crippen molar-refractivity contribution in [3.05, 3.63) is 76.8 Å². The summed E-state index contributed by atoms with van der Waals surface area (Å²) in [7, 11) is -3.04. The van der Waals surface area contributed by atoms with Crippen LogP contribution < -0.4 is 24.3 Å². The lowest BCUT2D eigenvalue weighted by atomic mass is 10.2. The van der Waals surface area contributed by atoms with Crippen molar-refractivity contribution in [2.24, 2.45) is 4.74 Å². The van der Waals surface area contributed by atoms with E-state index in [0.29, 0.717) is 50.0 Å². The smallest absolute Gasteiger partial charge is 0.334 e. The molecule has 2 heterocycles. The number of fused-ring (bicyclic) bond motifs is 2. The third-order valence-electron chi connectivity index (χ3n) is 6.70. The summed E-state index contributed by atoms with van der Waals surface area (Å²) in [5.74, 6) is 1.21. The zero-order valence-electron chi connectivity index (χ0n) is 21.6. The van der Waals surface area contributed by atoms with Gasteiger partial charge >= 0.3 is 6.03 Å². The fourth-order valence-electron chi connectivity index (χ4n) is 4.98. The van der Waals surface area contributed by atoms with Gasteiger partial charge in [0.05, 0.1) is 27.3 Å². The van der Waals surface area contributed by atoms with Crippen LogP contribution in [0.3, 0.4) is 0 Å². The van der Waals surface area contributed by atoms with Crippen LogP contribution in [-0.2, 0) is 0 Å². The highest BCUT2D eigenvalue weighted by Gasteiger charge is 2.48. The second-order valence-electron chi connectivity index (χ2n) is 8.74. The van der Waals surface area contributed by atoms with Crippen LogP contribution in [0.2, 0.25) is 0 Å². The van der Waals surface area contributed by atoms with Gasteiger partial charge in [-0.25, -0.2) is 18.9 Å². The predicted octanol–water partition coefficient (Wildman–Crippen LogP) is 6.16. The Morgan fingerprint density at radius 3 is 2.18 bits per heavy atom. The molecule has 198 valence electrons. The van der Waals surface area contributed by atoms with Crippen LogP contribution in [-0.4, -0.2) is 48.5 Å². The molecule has 0 N–H and O–H groups in total. The molecule has 0 bridgehead atoms. The van der Waals surface area contributed by atoms with E-state index >= 15 is 0 Å². The van der Waals surface area contributed by atoms with E-state index in [4.69, 9.17) is 14.2 Å². The van der Waals surface area contributed by atoms with Gasteiger partial charge in [-0.2, -0.15) is 0 Å². The Morgan fingerprint density at radius 2 is 1.61 bits per heavy atom. The number of rotatable bonds is 7. The van der Waals surface area contributed by atoms with Crippen LogP contribution >= 0.6 is 7.36 Å². The molecule has 2 amide bonds. The number of carbonyl (C=O) groups is 1. The highest BCUT2D eigenvalue weighted by atomic mass is 31.2. The molecule has 0 radical (unpaired) electrons. The van der Waals surface area contributed by atoms with Crippen molar-refractivity contribution in [2.75, 3.05) is 42.4 Å². The topological polar surface area (TPSA) is 101 Å². The Bertz CT molecular complexity index is 1410. The van der Waals surface area contributed by atoms with Gasteiger partial charge in [-0.1, -0.05) is 32.0 Å². The number of ether oxygens (including phenoxy) is 2. The molecule has 2 aliphatic heterocycles. The number of amides is 2. The number of nitro benzene ring substituents is 1. The fourth-order valence-corrected chi connectivity index (χ4v) is 8.90. The molecule has 1 atom stereocenters. The molecule has 5 rings (SSSR count). The first-order chi connectivity index (χ1) is 18.4.